The van der Waals surface area contributed by atoms with E-state index < -0.39 is 29.0 Å². The quantitative estimate of drug-likeness (QED) is 0.496. The van der Waals surface area contributed by atoms with E-state index in [0.717, 1.165) is 11.1 Å². The molecule has 6 heteroatoms. The van der Waals surface area contributed by atoms with Crippen molar-refractivity contribution in [2.24, 2.45) is 0 Å². The van der Waals surface area contributed by atoms with Gasteiger partial charge in [0.15, 0.2) is 0 Å². The first-order valence-electron chi connectivity index (χ1n) is 9.02. The minimum absolute atomic E-state index is 0.254. The van der Waals surface area contributed by atoms with Crippen molar-refractivity contribution >= 4 is 5.97 Å². The van der Waals surface area contributed by atoms with Crippen LogP contribution < -0.4 is 5.32 Å². The molecular weight excluding hydrogens is 344 g/mol. The summed E-state index contributed by atoms with van der Waals surface area (Å²) in [6, 6.07) is 17.8. The van der Waals surface area contributed by atoms with Crippen molar-refractivity contribution in [1.29, 1.82) is 0 Å². The van der Waals surface area contributed by atoms with Gasteiger partial charge < -0.3 is 4.74 Å². The highest BCUT2D eigenvalue weighted by Crippen LogP contribution is 2.54. The molecule has 3 rings (SSSR count). The van der Waals surface area contributed by atoms with Crippen LogP contribution in [-0.4, -0.2) is 29.1 Å². The molecule has 0 saturated carbocycles. The van der Waals surface area contributed by atoms with Gasteiger partial charge in [-0.15, -0.1) is 0 Å². The Labute approximate surface area is 158 Å². The molecule has 0 amide bonds. The first-order valence-corrected chi connectivity index (χ1v) is 9.02. The summed E-state index contributed by atoms with van der Waals surface area (Å²) in [5.41, 5.74) is -1.11. The average Bonchev–Trinajstić information content (AvgIpc) is 2.99. The Kier molecular flexibility index (Phi) is 5.02. The van der Waals surface area contributed by atoms with Crippen LogP contribution in [0.25, 0.3) is 0 Å². The summed E-state index contributed by atoms with van der Waals surface area (Å²) in [4.78, 5) is 25.1. The average molecular weight is 368 g/mol. The van der Waals surface area contributed by atoms with Crippen LogP contribution in [0.2, 0.25) is 0 Å². The molecule has 4 atom stereocenters. The van der Waals surface area contributed by atoms with Crippen molar-refractivity contribution in [3.63, 3.8) is 0 Å². The number of carbonyl (C=O) groups is 1. The monoisotopic (exact) mass is 368 g/mol. The van der Waals surface area contributed by atoms with E-state index in [1.54, 1.807) is 6.92 Å². The topological polar surface area (TPSA) is 81.5 Å². The van der Waals surface area contributed by atoms with Gasteiger partial charge in [-0.25, -0.2) is 0 Å². The molecule has 6 nitrogen and oxygen atoms in total. The third-order valence-corrected chi connectivity index (χ3v) is 5.83. The molecule has 1 N–H and O–H groups in total. The van der Waals surface area contributed by atoms with Crippen molar-refractivity contribution in [2.75, 3.05) is 7.11 Å². The Balaban J connectivity index is 2.29. The van der Waals surface area contributed by atoms with Gasteiger partial charge in [0.05, 0.1) is 13.0 Å². The lowest BCUT2D eigenvalue weighted by Gasteiger charge is -2.34. The Morgan fingerprint density at radius 2 is 1.63 bits per heavy atom. The van der Waals surface area contributed by atoms with Crippen LogP contribution in [0.15, 0.2) is 60.7 Å². The normalized spacial score (nSPS) is 30.0. The molecular formula is C21H24N2O4. The Hall–Kier alpha value is -2.73. The lowest BCUT2D eigenvalue weighted by Crippen LogP contribution is -2.53. The van der Waals surface area contributed by atoms with Gasteiger partial charge in [-0.3, -0.25) is 20.2 Å². The Morgan fingerprint density at radius 1 is 1.11 bits per heavy atom. The maximum atomic E-state index is 12.9. The van der Waals surface area contributed by atoms with Crippen molar-refractivity contribution < 1.29 is 14.5 Å². The van der Waals surface area contributed by atoms with Crippen LogP contribution in [0.3, 0.4) is 0 Å². The summed E-state index contributed by atoms with van der Waals surface area (Å²) < 4.78 is 5.11. The smallest absolute Gasteiger partial charge is 0.327 e. The van der Waals surface area contributed by atoms with Gasteiger partial charge >= 0.3 is 5.97 Å². The predicted octanol–water partition coefficient (Wildman–Crippen LogP) is 3.47. The zero-order valence-corrected chi connectivity index (χ0v) is 15.7. The predicted molar refractivity (Wildman–Crippen MR) is 102 cm³/mol. The van der Waals surface area contributed by atoms with Gasteiger partial charge in [0.2, 0.25) is 5.54 Å². The summed E-state index contributed by atoms with van der Waals surface area (Å²) in [7, 11) is 1.32. The molecule has 142 valence electrons. The molecule has 0 aromatic heterocycles. The largest absolute Gasteiger partial charge is 0.468 e. The number of nitrogens with one attached hydrogen (secondary N) is 1. The molecule has 1 aliphatic rings. The number of carbonyl (C=O) groups excluding carboxylic acids is 1. The maximum Gasteiger partial charge on any atom is 0.327 e. The van der Waals surface area contributed by atoms with E-state index in [9.17, 15) is 14.9 Å². The van der Waals surface area contributed by atoms with E-state index in [2.05, 4.69) is 5.32 Å². The zero-order chi connectivity index (χ0) is 19.7. The van der Waals surface area contributed by atoms with Crippen LogP contribution in [0.1, 0.15) is 43.4 Å². The number of benzene rings is 2. The van der Waals surface area contributed by atoms with Gasteiger partial charge in [0, 0.05) is 11.8 Å². The fraction of sp³-hybridized carbons (Fsp3) is 0.381. The SMILES string of the molecule is CC[C@]1(C(=O)OC)N[C@@H](c2ccccc2)[C@@](C)([N+](=O)[O-])[C@@H]1c1ccccc1. The molecule has 1 heterocycles. The van der Waals surface area contributed by atoms with E-state index in [1.165, 1.54) is 7.11 Å². The lowest BCUT2D eigenvalue weighted by atomic mass is 9.69. The number of hydrogen-bond acceptors (Lipinski definition) is 5. The molecule has 0 spiro atoms. The highest BCUT2D eigenvalue weighted by molar-refractivity contribution is 5.84. The zero-order valence-electron chi connectivity index (χ0n) is 15.7. The first-order chi connectivity index (χ1) is 12.9. The fourth-order valence-corrected chi connectivity index (χ4v) is 4.51. The van der Waals surface area contributed by atoms with Crippen molar-refractivity contribution in [2.45, 2.75) is 43.3 Å². The van der Waals surface area contributed by atoms with E-state index in [0.29, 0.717) is 6.42 Å². The number of methoxy groups -OCH3 is 1. The second kappa shape index (κ2) is 7.12. The van der Waals surface area contributed by atoms with Crippen LogP contribution in [0, 0.1) is 10.1 Å². The molecule has 0 aliphatic carbocycles. The molecule has 0 radical (unpaired) electrons. The van der Waals surface area contributed by atoms with E-state index >= 15 is 0 Å². The maximum absolute atomic E-state index is 12.9. The number of hydrogen-bond donors (Lipinski definition) is 1. The second-order valence-corrected chi connectivity index (χ2v) is 7.13. The van der Waals surface area contributed by atoms with Gasteiger partial charge in [-0.2, -0.15) is 0 Å². The minimum atomic E-state index is -1.44. The number of nitrogens with zero attached hydrogens (tertiary/aromatic N) is 1. The van der Waals surface area contributed by atoms with Gasteiger partial charge in [-0.1, -0.05) is 67.6 Å². The van der Waals surface area contributed by atoms with Crippen molar-refractivity contribution in [3.8, 4) is 0 Å². The molecule has 27 heavy (non-hydrogen) atoms. The van der Waals surface area contributed by atoms with Gasteiger partial charge in [0.1, 0.15) is 11.6 Å². The van der Waals surface area contributed by atoms with Crippen LogP contribution in [0.5, 0.6) is 0 Å². The Morgan fingerprint density at radius 3 is 2.07 bits per heavy atom. The van der Waals surface area contributed by atoms with Crippen LogP contribution in [-0.2, 0) is 9.53 Å². The highest BCUT2D eigenvalue weighted by Gasteiger charge is 2.70. The summed E-state index contributed by atoms with van der Waals surface area (Å²) in [5, 5.41) is 15.7. The molecule has 1 aliphatic heterocycles. The Bertz CT molecular complexity index is 827. The fourth-order valence-electron chi connectivity index (χ4n) is 4.51. The summed E-state index contributed by atoms with van der Waals surface area (Å²) in [5.74, 6) is -1.17. The van der Waals surface area contributed by atoms with Crippen LogP contribution in [0.4, 0.5) is 0 Å². The number of rotatable bonds is 5. The second-order valence-electron chi connectivity index (χ2n) is 7.13. The number of ether oxygens (including phenoxy) is 1. The van der Waals surface area contributed by atoms with E-state index in [-0.39, 0.29) is 4.92 Å². The molecule has 2 aromatic carbocycles. The summed E-state index contributed by atoms with van der Waals surface area (Å²) in [6.07, 6.45) is 0.367. The van der Waals surface area contributed by atoms with E-state index in [4.69, 9.17) is 4.74 Å². The highest BCUT2D eigenvalue weighted by atomic mass is 16.6. The first kappa shape index (κ1) is 19.0. The summed E-state index contributed by atoms with van der Waals surface area (Å²) in [6.45, 7) is 3.48. The molecule has 0 unspecified atom stereocenters. The number of esters is 1. The lowest BCUT2D eigenvalue weighted by molar-refractivity contribution is -0.571. The third-order valence-electron chi connectivity index (χ3n) is 5.83. The molecule has 0 bridgehead atoms. The van der Waals surface area contributed by atoms with E-state index in [1.807, 2.05) is 67.6 Å². The van der Waals surface area contributed by atoms with Crippen molar-refractivity contribution in [3.05, 3.63) is 81.9 Å². The van der Waals surface area contributed by atoms with Gasteiger partial charge in [-0.05, 0) is 17.5 Å². The van der Waals surface area contributed by atoms with Gasteiger partial charge in [0.25, 0.3) is 0 Å². The summed E-state index contributed by atoms with van der Waals surface area (Å²) >= 11 is 0. The molecule has 1 fully saturated rings. The third kappa shape index (κ3) is 2.80. The standard InChI is InChI=1S/C21H24N2O4/c1-4-21(19(24)27-3)17(15-11-7-5-8-12-15)20(2,23(25)26)18(22-21)16-13-9-6-10-14-16/h5-14,17-18,22H,4H2,1-3H3/t17-,18-,20-,21-/m0/s1. The minimum Gasteiger partial charge on any atom is -0.468 e. The molecule has 1 saturated heterocycles. The number of nitro groups is 1. The van der Waals surface area contributed by atoms with Crippen LogP contribution >= 0.6 is 0 Å². The molecule has 2 aromatic rings. The van der Waals surface area contributed by atoms with Crippen molar-refractivity contribution in [1.82, 2.24) is 5.32 Å².